The molecule has 0 aromatic heterocycles. The third-order valence-electron chi connectivity index (χ3n) is 3.61. The summed E-state index contributed by atoms with van der Waals surface area (Å²) in [6, 6.07) is 0.309. The summed E-state index contributed by atoms with van der Waals surface area (Å²) in [7, 11) is 0. The first-order valence-corrected chi connectivity index (χ1v) is 5.92. The zero-order valence-corrected chi connectivity index (χ0v) is 10.3. The monoisotopic (exact) mass is 212 g/mol. The topological polar surface area (TPSA) is 55.1 Å². The lowest BCUT2D eigenvalue weighted by Crippen LogP contribution is -2.54. The highest BCUT2D eigenvalue weighted by atomic mass is 16.2. The predicted molar refractivity (Wildman–Crippen MR) is 62.4 cm³/mol. The zero-order valence-electron chi connectivity index (χ0n) is 10.3. The molecule has 0 spiro atoms. The van der Waals surface area contributed by atoms with Crippen LogP contribution in [0, 0.1) is 11.8 Å². The summed E-state index contributed by atoms with van der Waals surface area (Å²) in [4.78, 5) is 11.7. The summed E-state index contributed by atoms with van der Waals surface area (Å²) in [5, 5.41) is 3.08. The summed E-state index contributed by atoms with van der Waals surface area (Å²) in [5.74, 6) is 1.23. The van der Waals surface area contributed by atoms with E-state index in [4.69, 9.17) is 5.73 Å². The Kier molecular flexibility index (Phi) is 3.77. The van der Waals surface area contributed by atoms with Crippen LogP contribution in [-0.4, -0.2) is 17.5 Å². The lowest BCUT2D eigenvalue weighted by Gasteiger charge is -2.36. The molecule has 0 saturated heterocycles. The van der Waals surface area contributed by atoms with E-state index >= 15 is 0 Å². The lowest BCUT2D eigenvalue weighted by atomic mass is 9.78. The molecule has 0 heterocycles. The fourth-order valence-corrected chi connectivity index (χ4v) is 2.14. The van der Waals surface area contributed by atoms with Gasteiger partial charge in [0.1, 0.15) is 0 Å². The maximum absolute atomic E-state index is 11.7. The van der Waals surface area contributed by atoms with Crippen molar-refractivity contribution in [1.29, 1.82) is 0 Å². The Morgan fingerprint density at radius 3 is 2.47 bits per heavy atom. The van der Waals surface area contributed by atoms with Crippen molar-refractivity contribution in [3.63, 3.8) is 0 Å². The SMILES string of the molecule is CC1CCCC(NC(=O)C(C)(C)N)C1C. The van der Waals surface area contributed by atoms with Crippen LogP contribution in [-0.2, 0) is 4.79 Å². The van der Waals surface area contributed by atoms with Gasteiger partial charge in [-0.1, -0.05) is 26.7 Å². The summed E-state index contributed by atoms with van der Waals surface area (Å²) in [6.07, 6.45) is 3.58. The molecular formula is C12H24N2O. The lowest BCUT2D eigenvalue weighted by molar-refractivity contribution is -0.126. The highest BCUT2D eigenvalue weighted by Gasteiger charge is 2.31. The van der Waals surface area contributed by atoms with Crippen molar-refractivity contribution in [2.24, 2.45) is 17.6 Å². The molecule has 88 valence electrons. The van der Waals surface area contributed by atoms with Crippen molar-refractivity contribution >= 4 is 5.91 Å². The third-order valence-corrected chi connectivity index (χ3v) is 3.61. The quantitative estimate of drug-likeness (QED) is 0.731. The van der Waals surface area contributed by atoms with Crippen LogP contribution < -0.4 is 11.1 Å². The van der Waals surface area contributed by atoms with Crippen LogP contribution in [0.15, 0.2) is 0 Å². The minimum Gasteiger partial charge on any atom is -0.352 e. The number of rotatable bonds is 2. The van der Waals surface area contributed by atoms with Crippen molar-refractivity contribution < 1.29 is 4.79 Å². The van der Waals surface area contributed by atoms with E-state index < -0.39 is 5.54 Å². The van der Waals surface area contributed by atoms with Crippen molar-refractivity contribution in [2.45, 2.75) is 58.5 Å². The molecule has 0 aromatic carbocycles. The fourth-order valence-electron chi connectivity index (χ4n) is 2.14. The maximum atomic E-state index is 11.7. The molecule has 0 bridgehead atoms. The van der Waals surface area contributed by atoms with Gasteiger partial charge in [-0.3, -0.25) is 4.79 Å². The first-order chi connectivity index (χ1) is 6.82. The van der Waals surface area contributed by atoms with Crippen LogP contribution in [0.4, 0.5) is 0 Å². The van der Waals surface area contributed by atoms with Gasteiger partial charge in [0.15, 0.2) is 0 Å². The van der Waals surface area contributed by atoms with E-state index in [9.17, 15) is 4.79 Å². The molecule has 3 atom stereocenters. The summed E-state index contributed by atoms with van der Waals surface area (Å²) in [6.45, 7) is 7.98. The molecule has 1 amide bonds. The Bertz CT molecular complexity index is 232. The van der Waals surface area contributed by atoms with Crippen molar-refractivity contribution in [1.82, 2.24) is 5.32 Å². The number of carbonyl (C=O) groups is 1. The summed E-state index contributed by atoms with van der Waals surface area (Å²) in [5.41, 5.74) is 5.00. The molecule has 3 N–H and O–H groups in total. The average Bonchev–Trinajstić information content (AvgIpc) is 2.11. The van der Waals surface area contributed by atoms with E-state index in [1.807, 2.05) is 0 Å². The number of nitrogens with one attached hydrogen (secondary N) is 1. The number of nitrogens with two attached hydrogens (primary N) is 1. The molecule has 0 aliphatic heterocycles. The van der Waals surface area contributed by atoms with Crippen LogP contribution in [0.3, 0.4) is 0 Å². The Labute approximate surface area is 92.8 Å². The van der Waals surface area contributed by atoms with Crippen LogP contribution in [0.5, 0.6) is 0 Å². The Balaban J connectivity index is 2.54. The standard InChI is InChI=1S/C12H24N2O/c1-8-6-5-7-10(9(8)2)14-11(15)12(3,4)13/h8-10H,5-7,13H2,1-4H3,(H,14,15). The molecule has 1 aliphatic carbocycles. The summed E-state index contributed by atoms with van der Waals surface area (Å²) >= 11 is 0. The van der Waals surface area contributed by atoms with Gasteiger partial charge in [-0.15, -0.1) is 0 Å². The Morgan fingerprint density at radius 1 is 1.33 bits per heavy atom. The molecule has 3 heteroatoms. The molecule has 0 radical (unpaired) electrons. The Morgan fingerprint density at radius 2 is 1.93 bits per heavy atom. The normalized spacial score (nSPS) is 32.5. The van der Waals surface area contributed by atoms with Crippen LogP contribution in [0.2, 0.25) is 0 Å². The van der Waals surface area contributed by atoms with Crippen molar-refractivity contribution in [3.05, 3.63) is 0 Å². The van der Waals surface area contributed by atoms with Crippen molar-refractivity contribution in [2.75, 3.05) is 0 Å². The van der Waals surface area contributed by atoms with Gasteiger partial charge in [0.2, 0.25) is 5.91 Å². The fraction of sp³-hybridized carbons (Fsp3) is 0.917. The van der Waals surface area contributed by atoms with E-state index in [0.717, 1.165) is 6.42 Å². The molecule has 3 nitrogen and oxygen atoms in total. The van der Waals surface area contributed by atoms with E-state index in [-0.39, 0.29) is 5.91 Å². The molecule has 1 aliphatic rings. The van der Waals surface area contributed by atoms with Gasteiger partial charge in [0, 0.05) is 6.04 Å². The van der Waals surface area contributed by atoms with E-state index in [1.165, 1.54) is 12.8 Å². The first-order valence-electron chi connectivity index (χ1n) is 5.92. The van der Waals surface area contributed by atoms with E-state index in [0.29, 0.717) is 17.9 Å². The van der Waals surface area contributed by atoms with E-state index in [1.54, 1.807) is 13.8 Å². The van der Waals surface area contributed by atoms with E-state index in [2.05, 4.69) is 19.2 Å². The molecular weight excluding hydrogens is 188 g/mol. The molecule has 1 saturated carbocycles. The zero-order chi connectivity index (χ0) is 11.6. The Hall–Kier alpha value is -0.570. The van der Waals surface area contributed by atoms with Gasteiger partial charge >= 0.3 is 0 Å². The maximum Gasteiger partial charge on any atom is 0.239 e. The van der Waals surface area contributed by atoms with Crippen molar-refractivity contribution in [3.8, 4) is 0 Å². The van der Waals surface area contributed by atoms with Gasteiger partial charge in [-0.05, 0) is 32.1 Å². The number of hydrogen-bond donors (Lipinski definition) is 2. The number of hydrogen-bond acceptors (Lipinski definition) is 2. The largest absolute Gasteiger partial charge is 0.352 e. The number of carbonyl (C=O) groups excluding carboxylic acids is 1. The number of amides is 1. The minimum absolute atomic E-state index is 0.0338. The second-order valence-corrected chi connectivity index (χ2v) is 5.57. The smallest absolute Gasteiger partial charge is 0.239 e. The predicted octanol–water partition coefficient (Wildman–Crippen LogP) is 1.66. The highest BCUT2D eigenvalue weighted by molar-refractivity contribution is 5.85. The van der Waals surface area contributed by atoms with Gasteiger partial charge < -0.3 is 11.1 Å². The van der Waals surface area contributed by atoms with Gasteiger partial charge in [0.25, 0.3) is 0 Å². The van der Waals surface area contributed by atoms with Crippen LogP contribution >= 0.6 is 0 Å². The third kappa shape index (κ3) is 3.20. The van der Waals surface area contributed by atoms with Crippen LogP contribution in [0.25, 0.3) is 0 Å². The molecule has 1 rings (SSSR count). The van der Waals surface area contributed by atoms with Gasteiger partial charge in [-0.2, -0.15) is 0 Å². The van der Waals surface area contributed by atoms with Gasteiger partial charge in [0.05, 0.1) is 5.54 Å². The summed E-state index contributed by atoms with van der Waals surface area (Å²) < 4.78 is 0. The second kappa shape index (κ2) is 4.52. The minimum atomic E-state index is -0.763. The average molecular weight is 212 g/mol. The van der Waals surface area contributed by atoms with Crippen LogP contribution in [0.1, 0.15) is 47.0 Å². The first kappa shape index (κ1) is 12.5. The molecule has 3 unspecified atom stereocenters. The molecule has 0 aromatic rings. The van der Waals surface area contributed by atoms with Gasteiger partial charge in [-0.25, -0.2) is 0 Å². The molecule has 15 heavy (non-hydrogen) atoms. The molecule has 1 fully saturated rings. The highest BCUT2D eigenvalue weighted by Crippen LogP contribution is 2.29. The second-order valence-electron chi connectivity index (χ2n) is 5.57.